The molecule has 1 aromatic rings. The number of hydrogen-bond donors (Lipinski definition) is 1. The Hall–Kier alpha value is -1.35. The maximum Gasteiger partial charge on any atom is 0.222 e. The van der Waals surface area contributed by atoms with Crippen molar-refractivity contribution in [3.05, 3.63) is 35.4 Å². The standard InChI is InChI=1S/C19H31NO2/c1-6-15(5)16-8-10-17(11-9-16)19(14(3)4)20-18(21)12-13-22-7-2/h8-11,14-15,19H,6-7,12-13H2,1-5H3,(H,20,21). The van der Waals surface area contributed by atoms with Crippen LogP contribution in [0.3, 0.4) is 0 Å². The molecule has 0 heterocycles. The fourth-order valence-corrected chi connectivity index (χ4v) is 2.46. The van der Waals surface area contributed by atoms with Gasteiger partial charge in [0, 0.05) is 13.0 Å². The number of nitrogens with one attached hydrogen (secondary N) is 1. The molecule has 0 aliphatic heterocycles. The molecule has 0 radical (unpaired) electrons. The van der Waals surface area contributed by atoms with E-state index in [1.165, 1.54) is 11.1 Å². The molecule has 0 aromatic heterocycles. The minimum Gasteiger partial charge on any atom is -0.381 e. The second-order valence-corrected chi connectivity index (χ2v) is 6.21. The SMILES string of the molecule is CCOCCC(=O)NC(c1ccc(C(C)CC)cc1)C(C)C. The van der Waals surface area contributed by atoms with Crippen molar-refractivity contribution in [3.8, 4) is 0 Å². The fourth-order valence-electron chi connectivity index (χ4n) is 2.46. The summed E-state index contributed by atoms with van der Waals surface area (Å²) in [4.78, 5) is 12.0. The normalized spacial score (nSPS) is 13.9. The highest BCUT2D eigenvalue weighted by Gasteiger charge is 2.18. The zero-order valence-corrected chi connectivity index (χ0v) is 14.7. The van der Waals surface area contributed by atoms with Crippen molar-refractivity contribution in [1.82, 2.24) is 5.32 Å². The maximum atomic E-state index is 12.0. The highest BCUT2D eigenvalue weighted by molar-refractivity contribution is 5.76. The van der Waals surface area contributed by atoms with Crippen LogP contribution in [0.5, 0.6) is 0 Å². The molecule has 0 spiro atoms. The van der Waals surface area contributed by atoms with Crippen LogP contribution in [0.1, 0.15) is 70.5 Å². The van der Waals surface area contributed by atoms with Crippen LogP contribution in [0.2, 0.25) is 0 Å². The van der Waals surface area contributed by atoms with Crippen LogP contribution in [-0.2, 0) is 9.53 Å². The van der Waals surface area contributed by atoms with Gasteiger partial charge in [-0.3, -0.25) is 4.79 Å². The third-order valence-corrected chi connectivity index (χ3v) is 4.14. The van der Waals surface area contributed by atoms with Gasteiger partial charge in [-0.25, -0.2) is 0 Å². The number of benzene rings is 1. The molecule has 3 nitrogen and oxygen atoms in total. The molecule has 0 bridgehead atoms. The molecule has 22 heavy (non-hydrogen) atoms. The molecule has 1 amide bonds. The first-order chi connectivity index (χ1) is 10.5. The maximum absolute atomic E-state index is 12.0. The van der Waals surface area contributed by atoms with Gasteiger partial charge in [0.1, 0.15) is 0 Å². The van der Waals surface area contributed by atoms with E-state index in [4.69, 9.17) is 4.74 Å². The third-order valence-electron chi connectivity index (χ3n) is 4.14. The van der Waals surface area contributed by atoms with E-state index in [0.717, 1.165) is 6.42 Å². The van der Waals surface area contributed by atoms with Crippen LogP contribution in [0.15, 0.2) is 24.3 Å². The van der Waals surface area contributed by atoms with Gasteiger partial charge in [0.05, 0.1) is 12.6 Å². The molecule has 1 N–H and O–H groups in total. The molecule has 3 heteroatoms. The molecule has 2 unspecified atom stereocenters. The van der Waals surface area contributed by atoms with E-state index < -0.39 is 0 Å². The molecule has 124 valence electrons. The monoisotopic (exact) mass is 305 g/mol. The van der Waals surface area contributed by atoms with E-state index in [-0.39, 0.29) is 11.9 Å². The topological polar surface area (TPSA) is 38.3 Å². The molecule has 0 aliphatic carbocycles. The van der Waals surface area contributed by atoms with Gasteiger partial charge < -0.3 is 10.1 Å². The third kappa shape index (κ3) is 5.80. The Morgan fingerprint density at radius 3 is 2.18 bits per heavy atom. The highest BCUT2D eigenvalue weighted by Crippen LogP contribution is 2.25. The fraction of sp³-hybridized carbons (Fsp3) is 0.632. The second-order valence-electron chi connectivity index (χ2n) is 6.21. The highest BCUT2D eigenvalue weighted by atomic mass is 16.5. The molecule has 1 aromatic carbocycles. The minimum atomic E-state index is 0.0538. The summed E-state index contributed by atoms with van der Waals surface area (Å²) in [5.74, 6) is 0.982. The molecular formula is C19H31NO2. The smallest absolute Gasteiger partial charge is 0.222 e. The summed E-state index contributed by atoms with van der Waals surface area (Å²) in [6.45, 7) is 11.8. The van der Waals surface area contributed by atoms with Crippen molar-refractivity contribution >= 4 is 5.91 Å². The first-order valence-corrected chi connectivity index (χ1v) is 8.46. The number of carbonyl (C=O) groups excluding carboxylic acids is 1. The lowest BCUT2D eigenvalue weighted by molar-refractivity contribution is -0.123. The summed E-state index contributed by atoms with van der Waals surface area (Å²) in [6.07, 6.45) is 1.56. The van der Waals surface area contributed by atoms with Crippen molar-refractivity contribution in [1.29, 1.82) is 0 Å². The summed E-state index contributed by atoms with van der Waals surface area (Å²) in [5.41, 5.74) is 2.53. The van der Waals surface area contributed by atoms with Crippen LogP contribution in [-0.4, -0.2) is 19.1 Å². The van der Waals surface area contributed by atoms with E-state index in [1.54, 1.807) is 0 Å². The Kier molecular flexibility index (Phi) is 8.18. The van der Waals surface area contributed by atoms with Gasteiger partial charge >= 0.3 is 0 Å². The quantitative estimate of drug-likeness (QED) is 0.685. The van der Waals surface area contributed by atoms with Gasteiger partial charge in [0.25, 0.3) is 0 Å². The lowest BCUT2D eigenvalue weighted by atomic mass is 9.92. The molecule has 0 aliphatic rings. The first kappa shape index (κ1) is 18.7. The number of rotatable bonds is 9. The van der Waals surface area contributed by atoms with Crippen LogP contribution in [0, 0.1) is 5.92 Å². The summed E-state index contributed by atoms with van der Waals surface area (Å²) < 4.78 is 5.25. The lowest BCUT2D eigenvalue weighted by Crippen LogP contribution is -2.32. The number of amides is 1. The molecule has 1 rings (SSSR count). The zero-order chi connectivity index (χ0) is 16.5. The Balaban J connectivity index is 2.72. The average Bonchev–Trinajstić information content (AvgIpc) is 2.52. The molecular weight excluding hydrogens is 274 g/mol. The van der Waals surface area contributed by atoms with Crippen molar-refractivity contribution in [2.45, 2.75) is 59.4 Å². The van der Waals surface area contributed by atoms with Gasteiger partial charge in [-0.05, 0) is 36.3 Å². The van der Waals surface area contributed by atoms with Crippen molar-refractivity contribution in [2.24, 2.45) is 5.92 Å². The Morgan fingerprint density at radius 2 is 1.68 bits per heavy atom. The number of hydrogen-bond acceptors (Lipinski definition) is 2. The van der Waals surface area contributed by atoms with Crippen molar-refractivity contribution < 1.29 is 9.53 Å². The molecule has 0 saturated heterocycles. The van der Waals surface area contributed by atoms with Gasteiger partial charge in [0.15, 0.2) is 0 Å². The van der Waals surface area contributed by atoms with Gasteiger partial charge in [-0.15, -0.1) is 0 Å². The second kappa shape index (κ2) is 9.62. The summed E-state index contributed by atoms with van der Waals surface area (Å²) in [5, 5.41) is 3.14. The Bertz CT molecular complexity index is 439. The van der Waals surface area contributed by atoms with Crippen LogP contribution < -0.4 is 5.32 Å². The van der Waals surface area contributed by atoms with Crippen LogP contribution in [0.25, 0.3) is 0 Å². The van der Waals surface area contributed by atoms with Gasteiger partial charge in [-0.2, -0.15) is 0 Å². The summed E-state index contributed by atoms with van der Waals surface area (Å²) >= 11 is 0. The van der Waals surface area contributed by atoms with Crippen LogP contribution in [0.4, 0.5) is 0 Å². The van der Waals surface area contributed by atoms with E-state index in [2.05, 4.69) is 57.3 Å². The number of ether oxygens (including phenoxy) is 1. The van der Waals surface area contributed by atoms with E-state index >= 15 is 0 Å². The van der Waals surface area contributed by atoms with Gasteiger partial charge in [-0.1, -0.05) is 52.0 Å². The van der Waals surface area contributed by atoms with E-state index in [1.807, 2.05) is 6.92 Å². The van der Waals surface area contributed by atoms with Gasteiger partial charge in [0.2, 0.25) is 5.91 Å². The molecule has 2 atom stereocenters. The van der Waals surface area contributed by atoms with E-state index in [0.29, 0.717) is 31.5 Å². The summed E-state index contributed by atoms with van der Waals surface area (Å²) in [6, 6.07) is 8.72. The molecule has 0 fully saturated rings. The Labute approximate surface area is 135 Å². The van der Waals surface area contributed by atoms with Crippen molar-refractivity contribution in [3.63, 3.8) is 0 Å². The predicted molar refractivity (Wildman–Crippen MR) is 92.0 cm³/mol. The molecule has 0 saturated carbocycles. The predicted octanol–water partition coefficient (Wildman–Crippen LogP) is 4.44. The first-order valence-electron chi connectivity index (χ1n) is 8.46. The van der Waals surface area contributed by atoms with Crippen LogP contribution >= 0.6 is 0 Å². The lowest BCUT2D eigenvalue weighted by Gasteiger charge is -2.23. The van der Waals surface area contributed by atoms with E-state index in [9.17, 15) is 4.79 Å². The largest absolute Gasteiger partial charge is 0.381 e. The average molecular weight is 305 g/mol. The number of carbonyl (C=O) groups is 1. The van der Waals surface area contributed by atoms with Crippen molar-refractivity contribution in [2.75, 3.05) is 13.2 Å². The minimum absolute atomic E-state index is 0.0538. The summed E-state index contributed by atoms with van der Waals surface area (Å²) in [7, 11) is 0. The zero-order valence-electron chi connectivity index (χ0n) is 14.7. The Morgan fingerprint density at radius 1 is 1.09 bits per heavy atom.